The van der Waals surface area contributed by atoms with Gasteiger partial charge in [-0.3, -0.25) is 4.79 Å². The second-order valence-electron chi connectivity index (χ2n) is 3.77. The molecule has 1 N–H and O–H groups in total. The van der Waals surface area contributed by atoms with E-state index in [2.05, 4.69) is 20.3 Å². The smallest absolute Gasteiger partial charge is 0.396 e. The molecule has 0 bridgehead atoms. The number of esters is 1. The van der Waals surface area contributed by atoms with E-state index in [-0.39, 0.29) is 19.0 Å². The Hall–Kier alpha value is -2.70. The summed E-state index contributed by atoms with van der Waals surface area (Å²) >= 11 is 0. The average molecular weight is 275 g/mol. The second kappa shape index (κ2) is 6.46. The van der Waals surface area contributed by atoms with Crippen molar-refractivity contribution in [2.24, 2.45) is 0 Å². The van der Waals surface area contributed by atoms with Crippen LogP contribution in [0.2, 0.25) is 0 Å². The second-order valence-corrected chi connectivity index (χ2v) is 3.77. The van der Waals surface area contributed by atoms with Crippen molar-refractivity contribution in [1.82, 2.24) is 15.5 Å². The number of nitrogens with zero attached hydrogens (tertiary/aromatic N) is 2. The minimum atomic E-state index is -0.935. The molecule has 1 aromatic heterocycles. The Labute approximate surface area is 115 Å². The molecule has 0 unspecified atom stereocenters. The van der Waals surface area contributed by atoms with Gasteiger partial charge in [-0.25, -0.2) is 4.79 Å². The summed E-state index contributed by atoms with van der Waals surface area (Å²) in [5.41, 5.74) is 0.781. The minimum Gasteiger partial charge on any atom is -0.459 e. The summed E-state index contributed by atoms with van der Waals surface area (Å²) in [5.74, 6) is -1.21. The van der Waals surface area contributed by atoms with Crippen LogP contribution in [-0.2, 0) is 20.9 Å². The molecule has 0 aliphatic heterocycles. The zero-order valence-corrected chi connectivity index (χ0v) is 10.8. The molecule has 0 saturated carbocycles. The van der Waals surface area contributed by atoms with Crippen molar-refractivity contribution in [1.29, 1.82) is 0 Å². The molecule has 2 rings (SSSR count). The van der Waals surface area contributed by atoms with Gasteiger partial charge in [0.05, 0.1) is 13.2 Å². The summed E-state index contributed by atoms with van der Waals surface area (Å²) in [7, 11) is 0. The predicted octanol–water partition coefficient (Wildman–Crippen LogP) is 0.916. The topological polar surface area (TPSA) is 94.3 Å². The third-order valence-electron chi connectivity index (χ3n) is 2.35. The highest BCUT2D eigenvalue weighted by molar-refractivity contribution is 6.32. The maximum Gasteiger partial charge on any atom is 0.396 e. The van der Waals surface area contributed by atoms with Crippen molar-refractivity contribution in [3.63, 3.8) is 0 Å². The summed E-state index contributed by atoms with van der Waals surface area (Å²) in [6, 6.07) is 9.23. The Morgan fingerprint density at radius 2 is 2.00 bits per heavy atom. The minimum absolute atomic E-state index is 0.0303. The fourth-order valence-electron chi connectivity index (χ4n) is 1.45. The van der Waals surface area contributed by atoms with Gasteiger partial charge in [0.1, 0.15) is 0 Å². The van der Waals surface area contributed by atoms with Crippen LogP contribution < -0.4 is 5.32 Å². The van der Waals surface area contributed by atoms with Crippen LogP contribution in [0.15, 0.2) is 34.7 Å². The van der Waals surface area contributed by atoms with Gasteiger partial charge < -0.3 is 14.5 Å². The fourth-order valence-corrected chi connectivity index (χ4v) is 1.45. The normalized spacial score (nSPS) is 10.1. The number of benzene rings is 1. The van der Waals surface area contributed by atoms with Crippen molar-refractivity contribution in [3.05, 3.63) is 36.2 Å². The third-order valence-corrected chi connectivity index (χ3v) is 2.35. The molecule has 7 heteroatoms. The lowest BCUT2D eigenvalue weighted by atomic mass is 10.2. The number of aromatic nitrogens is 2. The number of ether oxygens (including phenoxy) is 1. The molecule has 0 fully saturated rings. The monoisotopic (exact) mass is 275 g/mol. The van der Waals surface area contributed by atoms with E-state index < -0.39 is 11.9 Å². The first-order chi connectivity index (χ1) is 9.70. The first kappa shape index (κ1) is 13.7. The van der Waals surface area contributed by atoms with Crippen LogP contribution in [0.3, 0.4) is 0 Å². The molecular weight excluding hydrogens is 262 g/mol. The van der Waals surface area contributed by atoms with Crippen LogP contribution in [0.5, 0.6) is 0 Å². The lowest BCUT2D eigenvalue weighted by Gasteiger charge is -2.01. The maximum absolute atomic E-state index is 11.3. The van der Waals surface area contributed by atoms with Crippen molar-refractivity contribution in [3.8, 4) is 11.5 Å². The molecule has 7 nitrogen and oxygen atoms in total. The zero-order chi connectivity index (χ0) is 14.4. The van der Waals surface area contributed by atoms with Crippen molar-refractivity contribution < 1.29 is 18.7 Å². The number of nitrogens with one attached hydrogen (secondary N) is 1. The molecular formula is C13H13N3O4. The summed E-state index contributed by atoms with van der Waals surface area (Å²) in [4.78, 5) is 22.4. The van der Waals surface area contributed by atoms with Gasteiger partial charge in [0.25, 0.3) is 0 Å². The van der Waals surface area contributed by atoms with E-state index in [1.165, 1.54) is 0 Å². The van der Waals surface area contributed by atoms with Crippen LogP contribution in [0.25, 0.3) is 11.5 Å². The first-order valence-corrected chi connectivity index (χ1v) is 6.03. The Balaban J connectivity index is 1.94. The fraction of sp³-hybridized carbons (Fsp3) is 0.231. The lowest BCUT2D eigenvalue weighted by molar-refractivity contribution is -0.154. The quantitative estimate of drug-likeness (QED) is 0.658. The van der Waals surface area contributed by atoms with Gasteiger partial charge in [0.15, 0.2) is 0 Å². The zero-order valence-electron chi connectivity index (χ0n) is 10.8. The van der Waals surface area contributed by atoms with E-state index in [1.807, 2.05) is 30.3 Å². The van der Waals surface area contributed by atoms with E-state index in [4.69, 9.17) is 4.42 Å². The molecule has 0 aliphatic carbocycles. The van der Waals surface area contributed by atoms with Crippen LogP contribution >= 0.6 is 0 Å². The lowest BCUT2D eigenvalue weighted by Crippen LogP contribution is -2.32. The Bertz CT molecular complexity index is 595. The van der Waals surface area contributed by atoms with Gasteiger partial charge >= 0.3 is 11.9 Å². The summed E-state index contributed by atoms with van der Waals surface area (Å²) in [5, 5.41) is 9.99. The molecule has 0 aliphatic rings. The van der Waals surface area contributed by atoms with Gasteiger partial charge in [-0.15, -0.1) is 10.2 Å². The highest BCUT2D eigenvalue weighted by atomic mass is 16.5. The molecule has 0 radical (unpaired) electrons. The van der Waals surface area contributed by atoms with E-state index in [0.717, 1.165) is 5.56 Å². The standard InChI is InChI=1S/C13H13N3O4/c1-2-19-13(18)11(17)14-8-10-15-16-12(20-10)9-6-4-3-5-7-9/h3-7H,2,8H2,1H3,(H,14,17). The molecule has 2 aromatic rings. The van der Waals surface area contributed by atoms with Gasteiger partial charge in [0, 0.05) is 5.56 Å². The van der Waals surface area contributed by atoms with E-state index in [1.54, 1.807) is 6.92 Å². The number of carbonyl (C=O) groups excluding carboxylic acids is 2. The first-order valence-electron chi connectivity index (χ1n) is 6.03. The highest BCUT2D eigenvalue weighted by Gasteiger charge is 2.15. The Kier molecular flexibility index (Phi) is 4.43. The van der Waals surface area contributed by atoms with Crippen LogP contribution in [0.4, 0.5) is 0 Å². The van der Waals surface area contributed by atoms with Gasteiger partial charge in [-0.2, -0.15) is 0 Å². The maximum atomic E-state index is 11.3. The number of amides is 1. The number of carbonyl (C=O) groups is 2. The summed E-state index contributed by atoms with van der Waals surface area (Å²) in [6.07, 6.45) is 0. The number of hydrogen-bond acceptors (Lipinski definition) is 6. The molecule has 1 amide bonds. The van der Waals surface area contributed by atoms with Crippen molar-refractivity contribution in [2.45, 2.75) is 13.5 Å². The molecule has 1 heterocycles. The van der Waals surface area contributed by atoms with E-state index in [9.17, 15) is 9.59 Å². The van der Waals surface area contributed by atoms with Gasteiger partial charge in [-0.05, 0) is 19.1 Å². The van der Waals surface area contributed by atoms with Crippen LogP contribution in [0, 0.1) is 0 Å². The Morgan fingerprint density at radius 1 is 1.25 bits per heavy atom. The highest BCUT2D eigenvalue weighted by Crippen LogP contribution is 2.16. The van der Waals surface area contributed by atoms with Crippen LogP contribution in [0.1, 0.15) is 12.8 Å². The Morgan fingerprint density at radius 3 is 2.70 bits per heavy atom. The van der Waals surface area contributed by atoms with E-state index >= 15 is 0 Å². The molecule has 0 spiro atoms. The van der Waals surface area contributed by atoms with Gasteiger partial charge in [-0.1, -0.05) is 18.2 Å². The predicted molar refractivity (Wildman–Crippen MR) is 68.2 cm³/mol. The molecule has 20 heavy (non-hydrogen) atoms. The summed E-state index contributed by atoms with van der Waals surface area (Å²) in [6.45, 7) is 1.73. The van der Waals surface area contributed by atoms with E-state index in [0.29, 0.717) is 5.89 Å². The summed E-state index contributed by atoms with van der Waals surface area (Å²) < 4.78 is 9.92. The van der Waals surface area contributed by atoms with Gasteiger partial charge in [0.2, 0.25) is 11.8 Å². The molecule has 0 saturated heterocycles. The number of rotatable bonds is 4. The van der Waals surface area contributed by atoms with Crippen LogP contribution in [-0.4, -0.2) is 28.7 Å². The molecule has 0 atom stereocenters. The third kappa shape index (κ3) is 3.41. The number of hydrogen-bond donors (Lipinski definition) is 1. The largest absolute Gasteiger partial charge is 0.459 e. The average Bonchev–Trinajstić information content (AvgIpc) is 2.95. The molecule has 1 aromatic carbocycles. The molecule has 104 valence electrons. The SMILES string of the molecule is CCOC(=O)C(=O)NCc1nnc(-c2ccccc2)o1. The van der Waals surface area contributed by atoms with Crippen molar-refractivity contribution in [2.75, 3.05) is 6.61 Å². The van der Waals surface area contributed by atoms with Crippen molar-refractivity contribution >= 4 is 11.9 Å².